The van der Waals surface area contributed by atoms with Crippen LogP contribution in [0.4, 0.5) is 4.79 Å². The van der Waals surface area contributed by atoms with Crippen LogP contribution in [0.5, 0.6) is 11.5 Å². The van der Waals surface area contributed by atoms with Gasteiger partial charge in [0.15, 0.2) is 0 Å². The maximum Gasteiger partial charge on any atom is 0.318 e. The first-order valence-electron chi connectivity index (χ1n) is 13.2. The van der Waals surface area contributed by atoms with Crippen LogP contribution in [-0.4, -0.2) is 98.2 Å². The highest BCUT2D eigenvalue weighted by Gasteiger charge is 2.37. The fourth-order valence-electron chi connectivity index (χ4n) is 4.65. The summed E-state index contributed by atoms with van der Waals surface area (Å²) in [7, 11) is 3.22. The third-order valence-corrected chi connectivity index (χ3v) is 7.57. The predicted octanol–water partition coefficient (Wildman–Crippen LogP) is 3.59. The van der Waals surface area contributed by atoms with Gasteiger partial charge in [0.1, 0.15) is 18.0 Å². The Morgan fingerprint density at radius 1 is 1.18 bits per heavy atom. The Morgan fingerprint density at radius 2 is 1.95 bits per heavy atom. The van der Waals surface area contributed by atoms with Crippen molar-refractivity contribution in [1.29, 1.82) is 0 Å². The van der Waals surface area contributed by atoms with E-state index in [4.69, 9.17) is 19.3 Å². The van der Waals surface area contributed by atoms with Gasteiger partial charge >= 0.3 is 6.03 Å². The Bertz CT molecular complexity index is 1160. The second-order valence-corrected chi connectivity index (χ2v) is 11.6. The van der Waals surface area contributed by atoms with E-state index in [1.807, 2.05) is 56.5 Å². The second-order valence-electron chi connectivity index (χ2n) is 10.6. The summed E-state index contributed by atoms with van der Waals surface area (Å²) < 4.78 is 16.6. The van der Waals surface area contributed by atoms with Crippen molar-refractivity contribution >= 4 is 29.0 Å². The van der Waals surface area contributed by atoms with E-state index in [2.05, 4.69) is 10.2 Å². The molecule has 0 bridgehead atoms. The lowest BCUT2D eigenvalue weighted by atomic mass is 9.99. The first-order chi connectivity index (χ1) is 18.7. The number of methoxy groups -OCH3 is 2. The normalized spacial score (nSPS) is 18.0. The number of carbonyl (C=O) groups excluding carboxylic acids is 2. The van der Waals surface area contributed by atoms with Crippen molar-refractivity contribution < 1.29 is 23.8 Å². The van der Waals surface area contributed by atoms with Crippen molar-refractivity contribution in [2.75, 3.05) is 60.2 Å². The van der Waals surface area contributed by atoms with E-state index in [9.17, 15) is 9.59 Å². The van der Waals surface area contributed by atoms with Gasteiger partial charge in [-0.2, -0.15) is 5.10 Å². The van der Waals surface area contributed by atoms with Gasteiger partial charge in [-0.15, -0.1) is 11.3 Å². The minimum Gasteiger partial charge on any atom is -0.497 e. The number of carbonyl (C=O) groups is 2. The number of rotatable bonds is 9. The highest BCUT2D eigenvalue weighted by molar-refractivity contribution is 7.12. The average Bonchev–Trinajstić information content (AvgIpc) is 3.60. The van der Waals surface area contributed by atoms with Crippen molar-refractivity contribution in [1.82, 2.24) is 20.1 Å². The van der Waals surface area contributed by atoms with Gasteiger partial charge in [-0.3, -0.25) is 9.69 Å². The number of hydrogen-bond donors (Lipinski definition) is 1. The molecule has 1 atom stereocenters. The van der Waals surface area contributed by atoms with Crippen molar-refractivity contribution in [3.05, 3.63) is 46.2 Å². The molecule has 0 spiro atoms. The van der Waals surface area contributed by atoms with Crippen molar-refractivity contribution in [3.63, 3.8) is 0 Å². The van der Waals surface area contributed by atoms with Crippen LogP contribution in [0.25, 0.3) is 0 Å². The van der Waals surface area contributed by atoms with Crippen LogP contribution < -0.4 is 14.8 Å². The van der Waals surface area contributed by atoms with E-state index in [-0.39, 0.29) is 18.5 Å². The van der Waals surface area contributed by atoms with Crippen molar-refractivity contribution in [3.8, 4) is 11.5 Å². The molecule has 1 saturated heterocycles. The monoisotopic (exact) mass is 557 g/mol. The van der Waals surface area contributed by atoms with E-state index in [1.165, 1.54) is 5.01 Å². The zero-order valence-corrected chi connectivity index (χ0v) is 24.3. The molecule has 0 saturated carbocycles. The lowest BCUT2D eigenvalue weighted by Crippen LogP contribution is -2.53. The zero-order valence-electron chi connectivity index (χ0n) is 23.4. The van der Waals surface area contributed by atoms with Crippen molar-refractivity contribution in [2.24, 2.45) is 5.10 Å². The van der Waals surface area contributed by atoms with E-state index < -0.39 is 11.6 Å². The van der Waals surface area contributed by atoms with Crippen LogP contribution in [0, 0.1) is 0 Å². The van der Waals surface area contributed by atoms with Crippen LogP contribution in [0.2, 0.25) is 0 Å². The summed E-state index contributed by atoms with van der Waals surface area (Å²) in [5, 5.41) is 11.3. The molecule has 2 aliphatic rings. The van der Waals surface area contributed by atoms with E-state index in [0.29, 0.717) is 44.2 Å². The smallest absolute Gasteiger partial charge is 0.318 e. The number of hydrazone groups is 1. The molecule has 2 aliphatic heterocycles. The fourth-order valence-corrected chi connectivity index (χ4v) is 5.37. The first-order valence-corrected chi connectivity index (χ1v) is 14.1. The molecule has 10 nitrogen and oxygen atoms in total. The summed E-state index contributed by atoms with van der Waals surface area (Å²) in [4.78, 5) is 32.1. The number of hydrogen-bond acceptors (Lipinski definition) is 8. The molecule has 3 heterocycles. The van der Waals surface area contributed by atoms with E-state index in [0.717, 1.165) is 29.2 Å². The first kappa shape index (κ1) is 28.8. The minimum absolute atomic E-state index is 0.101. The third kappa shape index (κ3) is 7.49. The Balaban J connectivity index is 1.60. The number of amides is 3. The van der Waals surface area contributed by atoms with Gasteiger partial charge in [0, 0.05) is 43.7 Å². The molecule has 4 rings (SSSR count). The molecule has 1 unspecified atom stereocenters. The molecule has 0 radical (unpaired) electrons. The molecule has 0 aliphatic carbocycles. The summed E-state index contributed by atoms with van der Waals surface area (Å²) in [6, 6.07) is 8.85. The van der Waals surface area contributed by atoms with Gasteiger partial charge in [0.25, 0.3) is 5.91 Å². The summed E-state index contributed by atoms with van der Waals surface area (Å²) in [5.41, 5.74) is 1.19. The van der Waals surface area contributed by atoms with Crippen LogP contribution in [-0.2, 0) is 9.53 Å². The fraction of sp³-hybridized carbons (Fsp3) is 0.536. The second kappa shape index (κ2) is 12.8. The van der Waals surface area contributed by atoms with Crippen LogP contribution in [0.3, 0.4) is 0 Å². The SMILES string of the molecule is COc1ccc(OC)c(C2CC(c3cccs3)=NN2C(=O)CN(CCN2CCOCC2)C(=O)NC(C)(C)C)c1. The molecular weight excluding hydrogens is 518 g/mol. The third-order valence-electron chi connectivity index (χ3n) is 6.65. The lowest BCUT2D eigenvalue weighted by Gasteiger charge is -2.33. The summed E-state index contributed by atoms with van der Waals surface area (Å²) in [6.45, 7) is 9.71. The molecule has 39 heavy (non-hydrogen) atoms. The number of nitrogens with zero attached hydrogens (tertiary/aromatic N) is 4. The number of ether oxygens (including phenoxy) is 3. The lowest BCUT2D eigenvalue weighted by molar-refractivity contribution is -0.133. The molecule has 1 aromatic heterocycles. The quantitative estimate of drug-likeness (QED) is 0.506. The number of urea groups is 1. The van der Waals surface area contributed by atoms with Gasteiger partial charge in [0.2, 0.25) is 0 Å². The summed E-state index contributed by atoms with van der Waals surface area (Å²) in [5.74, 6) is 1.05. The molecule has 212 valence electrons. The Hall–Kier alpha value is -3.15. The van der Waals surface area contributed by atoms with Gasteiger partial charge in [0.05, 0.1) is 44.1 Å². The average molecular weight is 558 g/mol. The zero-order chi connectivity index (χ0) is 28.0. The van der Waals surface area contributed by atoms with Crippen molar-refractivity contribution in [2.45, 2.75) is 38.8 Å². The summed E-state index contributed by atoms with van der Waals surface area (Å²) >= 11 is 1.58. The van der Waals surface area contributed by atoms with Crippen LogP contribution in [0.1, 0.15) is 43.7 Å². The highest BCUT2D eigenvalue weighted by Crippen LogP contribution is 2.39. The Labute approximate surface area is 234 Å². The molecule has 3 amide bonds. The Morgan fingerprint density at radius 3 is 2.59 bits per heavy atom. The predicted molar refractivity (Wildman–Crippen MR) is 152 cm³/mol. The Kier molecular flexibility index (Phi) is 9.47. The topological polar surface area (TPSA) is 95.9 Å². The molecule has 1 aromatic carbocycles. The summed E-state index contributed by atoms with van der Waals surface area (Å²) in [6.07, 6.45) is 0.526. The van der Waals surface area contributed by atoms with Gasteiger partial charge in [-0.1, -0.05) is 6.07 Å². The number of nitrogens with one attached hydrogen (secondary N) is 1. The number of benzene rings is 1. The van der Waals surface area contributed by atoms with Gasteiger partial charge in [-0.25, -0.2) is 9.80 Å². The van der Waals surface area contributed by atoms with Gasteiger partial charge in [-0.05, 0) is 50.4 Å². The molecule has 2 aromatic rings. The maximum atomic E-state index is 13.9. The van der Waals surface area contributed by atoms with E-state index in [1.54, 1.807) is 30.5 Å². The highest BCUT2D eigenvalue weighted by atomic mass is 32.1. The van der Waals surface area contributed by atoms with E-state index >= 15 is 0 Å². The molecular formula is C28H39N5O5S. The van der Waals surface area contributed by atoms with Gasteiger partial charge < -0.3 is 24.4 Å². The minimum atomic E-state index is -0.439. The molecule has 1 fully saturated rings. The maximum absolute atomic E-state index is 13.9. The molecule has 11 heteroatoms. The number of thiophene rings is 1. The van der Waals surface area contributed by atoms with Crippen LogP contribution in [0.15, 0.2) is 40.8 Å². The van der Waals surface area contributed by atoms with Crippen LogP contribution >= 0.6 is 11.3 Å². The standard InChI is InChI=1S/C28H39N5O5S/c1-28(2,3)29-27(35)32(11-10-31-12-14-38-15-13-31)19-26(34)33-23(18-22(30-33)25-7-6-16-39-25)21-17-20(36-4)8-9-24(21)37-5/h6-9,16-17,23H,10-15,18-19H2,1-5H3,(H,29,35). The largest absolute Gasteiger partial charge is 0.497 e. The molecule has 1 N–H and O–H groups in total. The number of morpholine rings is 1.